The van der Waals surface area contributed by atoms with Gasteiger partial charge in [0, 0.05) is 6.42 Å². The zero-order valence-electron chi connectivity index (χ0n) is 35.9. The standard InChI is InChI=1S/C44H86NO11P/c1-3-5-7-9-11-13-15-16-17-18-19-20-21-22-24-26-28-30-32-34-38(47)45-36(37(46)33-31-29-27-25-23-14-12-10-8-6-4-2)35-55-57(53,54)56-44-42(51)40(49)39(48)41(50)43(44)52/h31,33,36-37,39-44,46,48-52H,3-30,32,34-35H2,1-2H3,(H,45,47)(H,53,54)/b33-31+/t36-,37+,39?,40-,41+,42+,43+,44?/m0/s1. The predicted octanol–water partition coefficient (Wildman–Crippen LogP) is 8.45. The molecule has 8 N–H and O–H groups in total. The minimum Gasteiger partial charge on any atom is -0.387 e. The molecule has 0 radical (unpaired) electrons. The van der Waals surface area contributed by atoms with Crippen LogP contribution >= 0.6 is 7.82 Å². The number of phosphoric acid groups is 1. The molecule has 0 aromatic heterocycles. The van der Waals surface area contributed by atoms with Crippen LogP contribution in [-0.4, -0.2) is 96.8 Å². The summed E-state index contributed by atoms with van der Waals surface area (Å²) in [7, 11) is -5.07. The van der Waals surface area contributed by atoms with Gasteiger partial charge in [0.05, 0.1) is 18.8 Å². The number of aliphatic hydroxyl groups is 6. The molecule has 1 fully saturated rings. The molecule has 3 unspecified atom stereocenters. The maximum atomic E-state index is 12.9. The molecule has 1 rings (SSSR count). The molecule has 1 saturated carbocycles. The lowest BCUT2D eigenvalue weighted by molar-refractivity contribution is -0.220. The summed E-state index contributed by atoms with van der Waals surface area (Å²) in [5.41, 5.74) is 0. The highest BCUT2D eigenvalue weighted by atomic mass is 31.2. The van der Waals surface area contributed by atoms with Gasteiger partial charge in [0.25, 0.3) is 0 Å². The van der Waals surface area contributed by atoms with E-state index in [4.69, 9.17) is 9.05 Å². The lowest BCUT2D eigenvalue weighted by Crippen LogP contribution is -2.64. The Morgan fingerprint density at radius 2 is 0.930 bits per heavy atom. The van der Waals surface area contributed by atoms with Crippen molar-refractivity contribution in [2.24, 2.45) is 0 Å². The van der Waals surface area contributed by atoms with Gasteiger partial charge >= 0.3 is 7.82 Å². The Morgan fingerprint density at radius 1 is 0.579 bits per heavy atom. The molecular weight excluding hydrogens is 749 g/mol. The van der Waals surface area contributed by atoms with E-state index in [1.807, 2.05) is 6.08 Å². The minimum atomic E-state index is -5.07. The molecule has 12 nitrogen and oxygen atoms in total. The van der Waals surface area contributed by atoms with Crippen molar-refractivity contribution in [3.05, 3.63) is 12.2 Å². The van der Waals surface area contributed by atoms with Crippen LogP contribution in [0.1, 0.15) is 206 Å². The second kappa shape index (κ2) is 34.8. The fraction of sp³-hybridized carbons (Fsp3) is 0.932. The average Bonchev–Trinajstić information content (AvgIpc) is 3.19. The largest absolute Gasteiger partial charge is 0.472 e. The number of allylic oxidation sites excluding steroid dienone is 1. The molecule has 9 atom stereocenters. The van der Waals surface area contributed by atoms with E-state index in [9.17, 15) is 44.9 Å². The summed E-state index contributed by atoms with van der Waals surface area (Å²) in [6.45, 7) is 3.83. The Bertz CT molecular complexity index is 1020. The second-order valence-electron chi connectivity index (χ2n) is 16.6. The van der Waals surface area contributed by atoms with E-state index in [0.717, 1.165) is 44.9 Å². The zero-order valence-corrected chi connectivity index (χ0v) is 36.8. The van der Waals surface area contributed by atoms with E-state index < -0.39 is 63.2 Å². The molecule has 0 aromatic carbocycles. The number of carbonyl (C=O) groups excluding carboxylic acids is 1. The van der Waals surface area contributed by atoms with Crippen molar-refractivity contribution in [2.45, 2.75) is 255 Å². The van der Waals surface area contributed by atoms with Crippen molar-refractivity contribution in [3.63, 3.8) is 0 Å². The van der Waals surface area contributed by atoms with Gasteiger partial charge in [0.15, 0.2) is 0 Å². The third kappa shape index (κ3) is 26.8. The lowest BCUT2D eigenvalue weighted by atomic mass is 9.85. The first-order valence-electron chi connectivity index (χ1n) is 23.1. The number of unbranched alkanes of at least 4 members (excludes halogenated alkanes) is 27. The van der Waals surface area contributed by atoms with Crippen molar-refractivity contribution in [2.75, 3.05) is 6.61 Å². The van der Waals surface area contributed by atoms with Crippen molar-refractivity contribution in [1.29, 1.82) is 0 Å². The van der Waals surface area contributed by atoms with Gasteiger partial charge in [-0.25, -0.2) is 4.57 Å². The van der Waals surface area contributed by atoms with Crippen molar-refractivity contribution < 1.29 is 53.9 Å². The fourth-order valence-corrected chi connectivity index (χ4v) is 8.46. The maximum Gasteiger partial charge on any atom is 0.472 e. The van der Waals surface area contributed by atoms with Crippen LogP contribution in [0.4, 0.5) is 0 Å². The fourth-order valence-electron chi connectivity index (χ4n) is 7.49. The number of rotatable bonds is 38. The first kappa shape index (κ1) is 54.1. The van der Waals surface area contributed by atoms with Gasteiger partial charge in [-0.15, -0.1) is 0 Å². The van der Waals surface area contributed by atoms with E-state index in [2.05, 4.69) is 19.2 Å². The van der Waals surface area contributed by atoms with Gasteiger partial charge in [-0.3, -0.25) is 13.8 Å². The highest BCUT2D eigenvalue weighted by molar-refractivity contribution is 7.47. The number of phosphoric ester groups is 1. The molecule has 13 heteroatoms. The van der Waals surface area contributed by atoms with Gasteiger partial charge in [-0.1, -0.05) is 193 Å². The number of amides is 1. The predicted molar refractivity (Wildman–Crippen MR) is 228 cm³/mol. The number of hydrogen-bond acceptors (Lipinski definition) is 10. The average molecular weight is 836 g/mol. The Morgan fingerprint density at radius 3 is 1.33 bits per heavy atom. The normalized spacial score (nSPS) is 23.5. The van der Waals surface area contributed by atoms with Crippen molar-refractivity contribution in [3.8, 4) is 0 Å². The molecule has 0 saturated heterocycles. The topological polar surface area (TPSA) is 206 Å². The van der Waals surface area contributed by atoms with Gasteiger partial charge < -0.3 is 40.8 Å². The first-order valence-corrected chi connectivity index (χ1v) is 24.6. The van der Waals surface area contributed by atoms with Crippen LogP contribution in [0.3, 0.4) is 0 Å². The molecular formula is C44H86NO11P. The molecule has 0 aliphatic heterocycles. The smallest absolute Gasteiger partial charge is 0.387 e. The Labute approximate surface area is 346 Å². The van der Waals surface area contributed by atoms with Crippen molar-refractivity contribution >= 4 is 13.7 Å². The molecule has 0 bridgehead atoms. The molecule has 1 aliphatic rings. The summed E-state index contributed by atoms with van der Waals surface area (Å²) in [6.07, 6.45) is 25.8. The second-order valence-corrected chi connectivity index (χ2v) is 18.0. The molecule has 338 valence electrons. The first-order chi connectivity index (χ1) is 27.4. The van der Waals surface area contributed by atoms with Crippen LogP contribution in [0.2, 0.25) is 0 Å². The summed E-state index contributed by atoms with van der Waals surface area (Å²) in [5, 5.41) is 63.9. The Hall–Kier alpha value is -0.920. The molecule has 57 heavy (non-hydrogen) atoms. The molecule has 1 amide bonds. The molecule has 0 aromatic rings. The highest BCUT2D eigenvalue weighted by Crippen LogP contribution is 2.47. The number of carbonyl (C=O) groups is 1. The van der Waals surface area contributed by atoms with E-state index >= 15 is 0 Å². The van der Waals surface area contributed by atoms with Crippen LogP contribution in [0.25, 0.3) is 0 Å². The number of aliphatic hydroxyl groups excluding tert-OH is 6. The zero-order chi connectivity index (χ0) is 42.2. The molecule has 0 spiro atoms. The van der Waals surface area contributed by atoms with Gasteiger partial charge in [-0.05, 0) is 19.3 Å². The minimum absolute atomic E-state index is 0.218. The summed E-state index contributed by atoms with van der Waals surface area (Å²) < 4.78 is 22.9. The van der Waals surface area contributed by atoms with Gasteiger partial charge in [0.2, 0.25) is 5.91 Å². The highest BCUT2D eigenvalue weighted by Gasteiger charge is 2.51. The van der Waals surface area contributed by atoms with E-state index in [1.165, 1.54) is 141 Å². The number of nitrogens with one attached hydrogen (secondary N) is 1. The van der Waals surface area contributed by atoms with E-state index in [1.54, 1.807) is 0 Å². The Balaban J connectivity index is 2.44. The Kier molecular flexibility index (Phi) is 33.0. The maximum absolute atomic E-state index is 12.9. The quantitative estimate of drug-likeness (QED) is 0.0168. The number of hydrogen-bond donors (Lipinski definition) is 8. The van der Waals surface area contributed by atoms with Crippen LogP contribution in [0, 0.1) is 0 Å². The summed E-state index contributed by atoms with van der Waals surface area (Å²) in [6, 6.07) is -1.11. The molecule has 0 heterocycles. The third-order valence-electron chi connectivity index (χ3n) is 11.3. The summed E-state index contributed by atoms with van der Waals surface area (Å²) >= 11 is 0. The SMILES string of the molecule is CCCCCCCCCCC/C=C/[C@@H](O)[C@H](COP(=O)(O)OC1[C@H](O)[C@H](O)C(O)[C@H](O)[C@H]1O)NC(=O)CCCCCCCCCCCCCCCCCCCCC. The summed E-state index contributed by atoms with van der Waals surface area (Å²) in [4.78, 5) is 23.3. The summed E-state index contributed by atoms with van der Waals surface area (Å²) in [5.74, 6) is -0.339. The third-order valence-corrected chi connectivity index (χ3v) is 12.3. The van der Waals surface area contributed by atoms with E-state index in [0.29, 0.717) is 6.42 Å². The van der Waals surface area contributed by atoms with Crippen molar-refractivity contribution in [1.82, 2.24) is 5.32 Å². The van der Waals surface area contributed by atoms with Gasteiger partial charge in [0.1, 0.15) is 36.6 Å². The van der Waals surface area contributed by atoms with Gasteiger partial charge in [-0.2, -0.15) is 0 Å². The van der Waals surface area contributed by atoms with Crippen LogP contribution in [-0.2, 0) is 18.4 Å². The van der Waals surface area contributed by atoms with Crippen LogP contribution in [0.15, 0.2) is 12.2 Å². The monoisotopic (exact) mass is 836 g/mol. The van der Waals surface area contributed by atoms with Crippen LogP contribution < -0.4 is 5.32 Å². The van der Waals surface area contributed by atoms with E-state index in [-0.39, 0.29) is 12.3 Å². The lowest BCUT2D eigenvalue weighted by Gasteiger charge is -2.41. The molecule has 1 aliphatic carbocycles. The van der Waals surface area contributed by atoms with Crippen LogP contribution in [0.5, 0.6) is 0 Å².